The first-order valence-electron chi connectivity index (χ1n) is 10.9. The van der Waals surface area contributed by atoms with Crippen molar-refractivity contribution in [2.75, 3.05) is 7.11 Å². The van der Waals surface area contributed by atoms with E-state index in [4.69, 9.17) is 14.6 Å². The first kappa shape index (κ1) is 25.1. The van der Waals surface area contributed by atoms with Crippen molar-refractivity contribution in [2.24, 2.45) is 0 Å². The number of ether oxygens (including phenoxy) is 2. The third kappa shape index (κ3) is 6.50. The van der Waals surface area contributed by atoms with Gasteiger partial charge in [0.25, 0.3) is 0 Å². The van der Waals surface area contributed by atoms with Gasteiger partial charge in [-0.1, -0.05) is 37.6 Å². The fourth-order valence-electron chi connectivity index (χ4n) is 3.53. The number of rotatable bonds is 10. The van der Waals surface area contributed by atoms with Gasteiger partial charge in [-0.3, -0.25) is 4.79 Å². The fourth-order valence-corrected chi connectivity index (χ4v) is 3.53. The predicted octanol–water partition coefficient (Wildman–Crippen LogP) is 6.71. The maximum absolute atomic E-state index is 12.9. The van der Waals surface area contributed by atoms with Crippen LogP contribution in [-0.4, -0.2) is 23.2 Å². The molecular weight excluding hydrogens is 447 g/mol. The van der Waals surface area contributed by atoms with Gasteiger partial charge >= 0.3 is 12.1 Å². The number of unbranched alkanes of at least 4 members (excludes halogenated alkanes) is 1. The number of nitrogens with zero attached hydrogens (tertiary/aromatic N) is 1. The Hall–Kier alpha value is -3.55. The van der Waals surface area contributed by atoms with Crippen molar-refractivity contribution in [3.8, 4) is 22.8 Å². The minimum atomic E-state index is -4.40. The molecule has 0 unspecified atom stereocenters. The largest absolute Gasteiger partial charge is 0.493 e. The molecule has 3 rings (SSSR count). The van der Waals surface area contributed by atoms with E-state index in [1.54, 1.807) is 30.3 Å². The molecule has 180 valence electrons. The fraction of sp³-hybridized carbons (Fsp3) is 0.308. The summed E-state index contributed by atoms with van der Waals surface area (Å²) in [5.41, 5.74) is 1.63. The molecule has 0 spiro atoms. The third-order valence-corrected chi connectivity index (χ3v) is 5.28. The van der Waals surface area contributed by atoms with Crippen LogP contribution in [0.4, 0.5) is 13.2 Å². The lowest BCUT2D eigenvalue weighted by molar-refractivity contribution is -0.138. The van der Waals surface area contributed by atoms with Gasteiger partial charge in [-0.05, 0) is 54.8 Å². The van der Waals surface area contributed by atoms with Crippen molar-refractivity contribution in [1.29, 1.82) is 0 Å². The second-order valence-electron chi connectivity index (χ2n) is 7.83. The Balaban J connectivity index is 1.89. The maximum atomic E-state index is 12.9. The van der Waals surface area contributed by atoms with Crippen LogP contribution in [0.2, 0.25) is 0 Å². The lowest BCUT2D eigenvalue weighted by Crippen LogP contribution is -2.11. The maximum Gasteiger partial charge on any atom is 0.416 e. The van der Waals surface area contributed by atoms with Crippen molar-refractivity contribution in [1.82, 2.24) is 4.98 Å². The van der Waals surface area contributed by atoms with Crippen LogP contribution in [0.5, 0.6) is 11.5 Å². The first-order chi connectivity index (χ1) is 16.2. The molecule has 0 saturated heterocycles. The zero-order chi connectivity index (χ0) is 24.7. The van der Waals surface area contributed by atoms with Crippen molar-refractivity contribution in [2.45, 2.75) is 44.9 Å². The average molecular weight is 473 g/mol. The number of aromatic nitrogens is 1. The zero-order valence-electron chi connectivity index (χ0n) is 18.9. The lowest BCUT2D eigenvalue weighted by atomic mass is 10.1. The molecule has 1 N–H and O–H groups in total. The Morgan fingerprint density at radius 2 is 1.79 bits per heavy atom. The molecule has 2 aromatic carbocycles. The summed E-state index contributed by atoms with van der Waals surface area (Å²) in [5, 5.41) is 9.03. The Morgan fingerprint density at radius 1 is 1.06 bits per heavy atom. The summed E-state index contributed by atoms with van der Waals surface area (Å²) in [6.07, 6.45) is -2.48. The number of hydrogen-bond donors (Lipinski definition) is 1. The molecule has 34 heavy (non-hydrogen) atoms. The number of methoxy groups -OCH3 is 1. The number of hydrogen-bond acceptors (Lipinski definition) is 4. The highest BCUT2D eigenvalue weighted by Gasteiger charge is 2.30. The highest BCUT2D eigenvalue weighted by atomic mass is 19.4. The summed E-state index contributed by atoms with van der Waals surface area (Å²) in [7, 11) is 1.48. The van der Waals surface area contributed by atoms with E-state index < -0.39 is 23.8 Å². The van der Waals surface area contributed by atoms with E-state index in [-0.39, 0.29) is 6.42 Å². The number of benzene rings is 2. The number of pyridine rings is 1. The number of alkyl halides is 3. The van der Waals surface area contributed by atoms with Crippen molar-refractivity contribution in [3.63, 3.8) is 0 Å². The molecule has 0 radical (unpaired) electrons. The van der Waals surface area contributed by atoms with E-state index in [1.165, 1.54) is 19.2 Å². The van der Waals surface area contributed by atoms with Crippen LogP contribution in [0.15, 0.2) is 60.7 Å². The smallest absolute Gasteiger partial charge is 0.416 e. The Bertz CT molecular complexity index is 1110. The number of carboxylic acid groups (broad SMARTS) is 1. The molecule has 1 heterocycles. The topological polar surface area (TPSA) is 68.7 Å². The van der Waals surface area contributed by atoms with Crippen LogP contribution in [-0.2, 0) is 17.4 Å². The van der Waals surface area contributed by atoms with Crippen LogP contribution in [0.3, 0.4) is 0 Å². The minimum Gasteiger partial charge on any atom is -0.493 e. The number of carbonyl (C=O) groups is 1. The highest BCUT2D eigenvalue weighted by Crippen LogP contribution is 2.35. The van der Waals surface area contributed by atoms with Crippen molar-refractivity contribution in [3.05, 3.63) is 77.5 Å². The Kier molecular flexibility index (Phi) is 8.15. The molecule has 0 amide bonds. The van der Waals surface area contributed by atoms with Gasteiger partial charge in [0.2, 0.25) is 0 Å². The van der Waals surface area contributed by atoms with Gasteiger partial charge < -0.3 is 14.6 Å². The van der Waals surface area contributed by atoms with E-state index >= 15 is 0 Å². The normalized spacial score (nSPS) is 12.3. The number of aliphatic carboxylic acids is 1. The van der Waals surface area contributed by atoms with Crippen LogP contribution in [0, 0.1) is 0 Å². The predicted molar refractivity (Wildman–Crippen MR) is 122 cm³/mol. The van der Waals surface area contributed by atoms with Gasteiger partial charge in [0, 0.05) is 5.56 Å². The molecule has 3 aromatic rings. The average Bonchev–Trinajstić information content (AvgIpc) is 2.81. The molecule has 1 atom stereocenters. The van der Waals surface area contributed by atoms with Gasteiger partial charge in [0.15, 0.2) is 11.5 Å². The summed E-state index contributed by atoms with van der Waals surface area (Å²) >= 11 is 0. The molecule has 8 heteroatoms. The lowest BCUT2D eigenvalue weighted by Gasteiger charge is -2.21. The molecule has 0 aliphatic rings. The Morgan fingerprint density at radius 3 is 2.41 bits per heavy atom. The van der Waals surface area contributed by atoms with Gasteiger partial charge in [-0.2, -0.15) is 13.2 Å². The van der Waals surface area contributed by atoms with Gasteiger partial charge in [0.05, 0.1) is 30.5 Å². The number of carboxylic acids is 1. The van der Waals surface area contributed by atoms with Crippen LogP contribution < -0.4 is 9.47 Å². The van der Waals surface area contributed by atoms with E-state index in [2.05, 4.69) is 11.9 Å². The van der Waals surface area contributed by atoms with E-state index in [9.17, 15) is 18.0 Å². The molecule has 0 bridgehead atoms. The third-order valence-electron chi connectivity index (χ3n) is 5.28. The molecule has 5 nitrogen and oxygen atoms in total. The van der Waals surface area contributed by atoms with Gasteiger partial charge in [-0.25, -0.2) is 4.98 Å². The molecule has 0 aliphatic carbocycles. The SMILES string of the molecule is CCCC[C@@H](Oc1ccc(CC(=O)O)cc1OC)c1cccc(-c2ccc(C(F)(F)F)cc2)n1. The summed E-state index contributed by atoms with van der Waals surface area (Å²) in [6.45, 7) is 2.06. The monoisotopic (exact) mass is 473 g/mol. The van der Waals surface area contributed by atoms with E-state index in [1.807, 2.05) is 6.07 Å². The summed E-state index contributed by atoms with van der Waals surface area (Å²) in [4.78, 5) is 15.7. The minimum absolute atomic E-state index is 0.132. The Labute approximate surface area is 196 Å². The molecule has 0 saturated carbocycles. The van der Waals surface area contributed by atoms with Crippen LogP contribution >= 0.6 is 0 Å². The van der Waals surface area contributed by atoms with E-state index in [0.29, 0.717) is 40.4 Å². The van der Waals surface area contributed by atoms with Crippen LogP contribution in [0.25, 0.3) is 11.3 Å². The second kappa shape index (κ2) is 11.0. The first-order valence-corrected chi connectivity index (χ1v) is 10.9. The van der Waals surface area contributed by atoms with Crippen molar-refractivity contribution < 1.29 is 32.5 Å². The summed E-state index contributed by atoms with van der Waals surface area (Å²) in [5.74, 6) is -0.0700. The van der Waals surface area contributed by atoms with Crippen molar-refractivity contribution >= 4 is 5.97 Å². The standard InChI is InChI=1S/C26H26F3NO4/c1-3-4-8-22(34-23-14-9-17(16-25(31)32)15-24(23)33-2)21-7-5-6-20(30-21)18-10-12-19(13-11-18)26(27,28)29/h5-7,9-15,22H,3-4,8,16H2,1-2H3,(H,31,32)/t22-/m1/s1. The highest BCUT2D eigenvalue weighted by molar-refractivity contribution is 5.70. The van der Waals surface area contributed by atoms with E-state index in [0.717, 1.165) is 25.0 Å². The molecule has 0 fully saturated rings. The molecule has 1 aromatic heterocycles. The number of halogens is 3. The molecular formula is C26H26F3NO4. The van der Waals surface area contributed by atoms with Gasteiger partial charge in [0.1, 0.15) is 6.10 Å². The van der Waals surface area contributed by atoms with Gasteiger partial charge in [-0.15, -0.1) is 0 Å². The summed E-state index contributed by atoms with van der Waals surface area (Å²) < 4.78 is 50.4. The zero-order valence-corrected chi connectivity index (χ0v) is 18.9. The quantitative estimate of drug-likeness (QED) is 0.354. The summed E-state index contributed by atoms with van der Waals surface area (Å²) in [6, 6.07) is 15.2. The van der Waals surface area contributed by atoms with Crippen LogP contribution in [0.1, 0.15) is 49.1 Å². The second-order valence-corrected chi connectivity index (χ2v) is 7.83. The molecule has 0 aliphatic heterocycles.